The molecular formula is C27H43N3O14. The number of phenols is 1. The highest BCUT2D eigenvalue weighted by Crippen LogP contribution is 2.28. The van der Waals surface area contributed by atoms with E-state index < -0.39 is 99.0 Å². The highest BCUT2D eigenvalue weighted by molar-refractivity contribution is 5.93. The van der Waals surface area contributed by atoms with Crippen LogP contribution in [0.25, 0.3) is 0 Å². The molecule has 3 rings (SSSR count). The fourth-order valence-corrected chi connectivity index (χ4v) is 5.22. The van der Waals surface area contributed by atoms with Crippen molar-refractivity contribution in [3.8, 4) is 5.75 Å². The number of aliphatic hydroxyl groups is 5. The molecule has 2 fully saturated rings. The molecule has 0 bridgehead atoms. The number of likely N-dealkylation sites (N-methyl/N-ethyl adjacent to an activating group) is 2. The van der Waals surface area contributed by atoms with Crippen LogP contribution >= 0.6 is 0 Å². The van der Waals surface area contributed by atoms with Crippen LogP contribution in [0.3, 0.4) is 0 Å². The molecule has 2 heterocycles. The standard InChI is InChI=1S/C27H43N3O14/c1-12(25(36)40-11-41-26(37)14-6-13(28)4-5-16(14)33)42-24-20(29-2)19(43-18(8-32)23(24)35)10-39-9-15-17(7-31)44-27(38)21(30-3)22(15)34/h4-6,12,15,17-24,27,29-35,38H,7-11,28H2,1-3H3/t12?,15-,17?,18?,19+,20?,21?,22-,23-,24+,27-/m1/s1. The highest BCUT2D eigenvalue weighted by atomic mass is 16.7. The normalized spacial score (nSPS) is 33.0. The fourth-order valence-electron chi connectivity index (χ4n) is 5.22. The number of nitrogen functional groups attached to an aromatic ring is 1. The average molecular weight is 634 g/mol. The third-order valence-corrected chi connectivity index (χ3v) is 7.67. The molecule has 0 aliphatic carbocycles. The van der Waals surface area contributed by atoms with Crippen molar-refractivity contribution >= 4 is 17.6 Å². The van der Waals surface area contributed by atoms with E-state index in [1.807, 2.05) is 0 Å². The minimum Gasteiger partial charge on any atom is -0.507 e. The number of carbonyl (C=O) groups excluding carboxylic acids is 2. The third-order valence-electron chi connectivity index (χ3n) is 7.67. The number of anilines is 1. The van der Waals surface area contributed by atoms with Crippen LogP contribution in [0.5, 0.6) is 5.75 Å². The smallest absolute Gasteiger partial charge is 0.344 e. The number of phenolic OH excluding ortho intramolecular Hbond substituents is 1. The lowest BCUT2D eigenvalue weighted by molar-refractivity contribution is -0.250. The number of aliphatic hydroxyl groups excluding tert-OH is 5. The highest BCUT2D eigenvalue weighted by Gasteiger charge is 2.47. The summed E-state index contributed by atoms with van der Waals surface area (Å²) in [6.45, 7) is -0.701. The largest absolute Gasteiger partial charge is 0.507 e. The molecule has 17 nitrogen and oxygen atoms in total. The van der Waals surface area contributed by atoms with Gasteiger partial charge in [-0.25, -0.2) is 9.59 Å². The van der Waals surface area contributed by atoms with Gasteiger partial charge in [0.1, 0.15) is 29.6 Å². The van der Waals surface area contributed by atoms with Crippen molar-refractivity contribution in [2.45, 2.75) is 68.0 Å². The summed E-state index contributed by atoms with van der Waals surface area (Å²) in [4.78, 5) is 24.8. The molecule has 2 aliphatic rings. The van der Waals surface area contributed by atoms with Crippen LogP contribution in [0.2, 0.25) is 0 Å². The monoisotopic (exact) mass is 633 g/mol. The van der Waals surface area contributed by atoms with Crippen LogP contribution in [0.1, 0.15) is 17.3 Å². The van der Waals surface area contributed by atoms with Gasteiger partial charge < -0.3 is 75.4 Å². The van der Waals surface area contributed by atoms with Crippen LogP contribution in [0, 0.1) is 5.92 Å². The van der Waals surface area contributed by atoms with Crippen LogP contribution in [-0.4, -0.2) is 151 Å². The van der Waals surface area contributed by atoms with Crippen LogP contribution < -0.4 is 16.4 Å². The summed E-state index contributed by atoms with van der Waals surface area (Å²) in [5, 5.41) is 66.7. The molecule has 250 valence electrons. The van der Waals surface area contributed by atoms with E-state index in [1.54, 1.807) is 14.1 Å². The quantitative estimate of drug-likeness (QED) is 0.0415. The minimum atomic E-state index is -1.38. The summed E-state index contributed by atoms with van der Waals surface area (Å²) in [7, 11) is 3.11. The molecule has 1 aromatic carbocycles. The van der Waals surface area contributed by atoms with Gasteiger partial charge in [0.25, 0.3) is 0 Å². The number of rotatable bonds is 14. The predicted molar refractivity (Wildman–Crippen MR) is 149 cm³/mol. The van der Waals surface area contributed by atoms with Gasteiger partial charge in [-0.05, 0) is 39.2 Å². The van der Waals surface area contributed by atoms with Gasteiger partial charge in [-0.2, -0.15) is 0 Å². The molecule has 11 atom stereocenters. The number of esters is 2. The molecule has 0 aromatic heterocycles. The lowest BCUT2D eigenvalue weighted by Gasteiger charge is -2.45. The number of hydrogen-bond donors (Lipinski definition) is 9. The maximum absolute atomic E-state index is 12.6. The second kappa shape index (κ2) is 16.6. The first kappa shape index (κ1) is 35.8. The van der Waals surface area contributed by atoms with Gasteiger partial charge in [0.05, 0.1) is 56.8 Å². The molecule has 2 aliphatic heterocycles. The number of carbonyl (C=O) groups is 2. The molecule has 2 saturated heterocycles. The molecule has 44 heavy (non-hydrogen) atoms. The zero-order valence-electron chi connectivity index (χ0n) is 24.6. The lowest BCUT2D eigenvalue weighted by Crippen LogP contribution is -2.65. The Bertz CT molecular complexity index is 1080. The molecular weight excluding hydrogens is 590 g/mol. The average Bonchev–Trinajstić information content (AvgIpc) is 3.00. The van der Waals surface area contributed by atoms with Gasteiger partial charge >= 0.3 is 11.9 Å². The number of nitrogens with two attached hydrogens (primary N) is 1. The SMILES string of the molecule is CNC1[C@H](O)OC(CO)[C@@H](COC[C@@H]2OC(CO)[C@@H](O)[C@@H](OC(C)C(=O)OCOC(=O)c3cc(N)ccc3O)C2NC)[C@H]1O. The Kier molecular flexibility index (Phi) is 13.5. The summed E-state index contributed by atoms with van der Waals surface area (Å²) in [5.74, 6) is -2.99. The molecule has 0 amide bonds. The molecule has 0 saturated carbocycles. The molecule has 5 unspecified atom stereocenters. The Hall–Kier alpha value is -2.68. The number of hydrogen-bond acceptors (Lipinski definition) is 17. The molecule has 10 N–H and O–H groups in total. The zero-order valence-corrected chi connectivity index (χ0v) is 24.6. The molecule has 0 spiro atoms. The molecule has 17 heteroatoms. The predicted octanol–water partition coefficient (Wildman–Crippen LogP) is -3.59. The van der Waals surface area contributed by atoms with Crippen molar-refractivity contribution in [2.75, 3.05) is 53.0 Å². The van der Waals surface area contributed by atoms with Crippen LogP contribution in [0.4, 0.5) is 5.69 Å². The van der Waals surface area contributed by atoms with E-state index in [0.717, 1.165) is 0 Å². The molecule has 0 radical (unpaired) electrons. The van der Waals surface area contributed by atoms with E-state index in [2.05, 4.69) is 10.6 Å². The summed E-state index contributed by atoms with van der Waals surface area (Å²) >= 11 is 0. The van der Waals surface area contributed by atoms with E-state index in [9.17, 15) is 40.2 Å². The second-order valence-electron chi connectivity index (χ2n) is 10.5. The van der Waals surface area contributed by atoms with Crippen molar-refractivity contribution in [1.82, 2.24) is 10.6 Å². The fraction of sp³-hybridized carbons (Fsp3) is 0.704. The number of ether oxygens (including phenoxy) is 6. The maximum atomic E-state index is 12.6. The Morgan fingerprint density at radius 2 is 1.64 bits per heavy atom. The van der Waals surface area contributed by atoms with Gasteiger partial charge in [-0.1, -0.05) is 0 Å². The van der Waals surface area contributed by atoms with Gasteiger partial charge in [-0.15, -0.1) is 0 Å². The van der Waals surface area contributed by atoms with E-state index in [4.69, 9.17) is 34.2 Å². The first-order valence-corrected chi connectivity index (χ1v) is 14.0. The Labute approximate surface area is 253 Å². The Morgan fingerprint density at radius 3 is 2.27 bits per heavy atom. The second-order valence-corrected chi connectivity index (χ2v) is 10.5. The maximum Gasteiger partial charge on any atom is 0.344 e. The van der Waals surface area contributed by atoms with Crippen molar-refractivity contribution in [1.29, 1.82) is 0 Å². The Balaban J connectivity index is 1.58. The summed E-state index contributed by atoms with van der Waals surface area (Å²) in [6, 6.07) is 2.23. The third kappa shape index (κ3) is 8.52. The number of benzene rings is 1. The Morgan fingerprint density at radius 1 is 0.955 bits per heavy atom. The first-order chi connectivity index (χ1) is 21.0. The van der Waals surface area contributed by atoms with E-state index in [1.165, 1.54) is 25.1 Å². The number of aromatic hydroxyl groups is 1. The minimum absolute atomic E-state index is 0.0970. The van der Waals surface area contributed by atoms with Gasteiger partial charge in [0.15, 0.2) is 12.4 Å². The van der Waals surface area contributed by atoms with Crippen molar-refractivity contribution in [2.24, 2.45) is 5.92 Å². The zero-order chi connectivity index (χ0) is 32.6. The van der Waals surface area contributed by atoms with Crippen LogP contribution in [-0.2, 0) is 33.2 Å². The van der Waals surface area contributed by atoms with Gasteiger partial charge in [0, 0.05) is 11.6 Å². The van der Waals surface area contributed by atoms with Crippen molar-refractivity contribution in [3.63, 3.8) is 0 Å². The number of nitrogens with one attached hydrogen (secondary N) is 2. The van der Waals surface area contributed by atoms with Gasteiger partial charge in [0.2, 0.25) is 6.79 Å². The summed E-state index contributed by atoms with van der Waals surface area (Å²) in [6.07, 6.45) is -9.02. The summed E-state index contributed by atoms with van der Waals surface area (Å²) in [5.41, 5.74) is 5.61. The topological polar surface area (TPSA) is 261 Å². The first-order valence-electron chi connectivity index (χ1n) is 14.0. The lowest BCUT2D eigenvalue weighted by atomic mass is 9.88. The van der Waals surface area contributed by atoms with Crippen LogP contribution in [0.15, 0.2) is 18.2 Å². The van der Waals surface area contributed by atoms with Crippen molar-refractivity contribution in [3.05, 3.63) is 23.8 Å². The van der Waals surface area contributed by atoms with E-state index in [-0.39, 0.29) is 30.2 Å². The van der Waals surface area contributed by atoms with Crippen molar-refractivity contribution < 1.29 is 68.6 Å². The van der Waals surface area contributed by atoms with Gasteiger partial charge in [-0.3, -0.25) is 0 Å². The van der Waals surface area contributed by atoms with E-state index in [0.29, 0.717) is 0 Å². The summed E-state index contributed by atoms with van der Waals surface area (Å²) < 4.78 is 32.7. The van der Waals surface area contributed by atoms with E-state index >= 15 is 0 Å². The molecule has 1 aromatic rings.